The minimum absolute atomic E-state index is 0.128. The lowest BCUT2D eigenvalue weighted by molar-refractivity contribution is -0.115. The van der Waals surface area contributed by atoms with Gasteiger partial charge in [0.25, 0.3) is 0 Å². The Hall–Kier alpha value is -0.550. The summed E-state index contributed by atoms with van der Waals surface area (Å²) in [7, 11) is 0. The van der Waals surface area contributed by atoms with Crippen LogP contribution in [0, 0.1) is 0 Å². The van der Waals surface area contributed by atoms with Crippen molar-refractivity contribution >= 4 is 29.0 Å². The molecule has 78 valence electrons. The van der Waals surface area contributed by atoms with Crippen LogP contribution in [0.3, 0.4) is 0 Å². The van der Waals surface area contributed by atoms with Gasteiger partial charge in [0.1, 0.15) is 0 Å². The van der Waals surface area contributed by atoms with Crippen molar-refractivity contribution in [2.45, 2.75) is 30.5 Å². The van der Waals surface area contributed by atoms with Gasteiger partial charge < -0.3 is 5.73 Å². The molecular formula is C9H14N2OS2. The van der Waals surface area contributed by atoms with Gasteiger partial charge in [-0.05, 0) is 5.41 Å². The zero-order valence-electron chi connectivity index (χ0n) is 8.53. The van der Waals surface area contributed by atoms with E-state index >= 15 is 0 Å². The number of aromatic nitrogens is 1. The molecule has 0 fully saturated rings. The van der Waals surface area contributed by atoms with Gasteiger partial charge in [-0.1, -0.05) is 32.5 Å². The lowest BCUT2D eigenvalue weighted by Gasteiger charge is -2.14. The van der Waals surface area contributed by atoms with Crippen molar-refractivity contribution in [2.24, 2.45) is 5.73 Å². The van der Waals surface area contributed by atoms with Crippen LogP contribution in [0.25, 0.3) is 0 Å². The molecule has 0 aliphatic heterocycles. The first-order chi connectivity index (χ1) is 6.39. The summed E-state index contributed by atoms with van der Waals surface area (Å²) in [6.07, 6.45) is 1.87. The molecule has 1 amide bonds. The molecule has 5 heteroatoms. The summed E-state index contributed by atoms with van der Waals surface area (Å²) >= 11 is 3.02. The summed E-state index contributed by atoms with van der Waals surface area (Å²) in [6.45, 7) is 6.43. The number of nitrogens with two attached hydrogens (primary N) is 1. The number of hydrogen-bond donors (Lipinski definition) is 1. The summed E-state index contributed by atoms with van der Waals surface area (Å²) in [4.78, 5) is 16.0. The van der Waals surface area contributed by atoms with Gasteiger partial charge in [-0.3, -0.25) is 4.79 Å². The monoisotopic (exact) mass is 230 g/mol. The molecule has 0 bridgehead atoms. The molecule has 0 saturated heterocycles. The fraction of sp³-hybridized carbons (Fsp3) is 0.556. The average Bonchev–Trinajstić information content (AvgIpc) is 2.47. The molecule has 14 heavy (non-hydrogen) atoms. The van der Waals surface area contributed by atoms with Crippen LogP contribution in [0.4, 0.5) is 0 Å². The van der Waals surface area contributed by atoms with E-state index in [1.54, 1.807) is 11.3 Å². The second-order valence-electron chi connectivity index (χ2n) is 4.00. The molecule has 0 aliphatic carbocycles. The maximum Gasteiger partial charge on any atom is 0.227 e. The summed E-state index contributed by atoms with van der Waals surface area (Å²) in [5, 5.41) is 0. The number of thioether (sulfide) groups is 1. The predicted octanol–water partition coefficient (Wildman–Crippen LogP) is 2.02. The summed E-state index contributed by atoms with van der Waals surface area (Å²) in [5.41, 5.74) is 5.18. The smallest absolute Gasteiger partial charge is 0.227 e. The third kappa shape index (κ3) is 3.31. The lowest BCUT2D eigenvalue weighted by Crippen LogP contribution is -2.12. The molecule has 0 radical (unpaired) electrons. The van der Waals surface area contributed by atoms with Gasteiger partial charge in [0, 0.05) is 11.1 Å². The Morgan fingerprint density at radius 2 is 2.29 bits per heavy atom. The number of nitrogens with zero attached hydrogens (tertiary/aromatic N) is 1. The second kappa shape index (κ2) is 4.31. The van der Waals surface area contributed by atoms with Gasteiger partial charge in [-0.25, -0.2) is 4.98 Å². The zero-order chi connectivity index (χ0) is 10.8. The van der Waals surface area contributed by atoms with Gasteiger partial charge in [0.15, 0.2) is 4.34 Å². The third-order valence-electron chi connectivity index (χ3n) is 1.56. The van der Waals surface area contributed by atoms with Crippen LogP contribution in [0.1, 0.15) is 25.6 Å². The zero-order valence-corrected chi connectivity index (χ0v) is 10.2. The van der Waals surface area contributed by atoms with Gasteiger partial charge in [-0.15, -0.1) is 11.3 Å². The molecule has 1 aromatic heterocycles. The fourth-order valence-corrected chi connectivity index (χ4v) is 2.58. The normalized spacial score (nSPS) is 11.6. The predicted molar refractivity (Wildman–Crippen MR) is 60.7 cm³/mol. The van der Waals surface area contributed by atoms with E-state index in [1.165, 1.54) is 16.6 Å². The number of primary amides is 1. The number of carbonyl (C=O) groups is 1. The second-order valence-corrected chi connectivity index (χ2v) is 6.25. The number of carbonyl (C=O) groups excluding carboxylic acids is 1. The van der Waals surface area contributed by atoms with Crippen molar-refractivity contribution in [3.8, 4) is 0 Å². The molecule has 0 aromatic carbocycles. The minimum atomic E-state index is -0.303. The summed E-state index contributed by atoms with van der Waals surface area (Å²) < 4.78 is 0.911. The highest BCUT2D eigenvalue weighted by Crippen LogP contribution is 2.31. The molecule has 1 heterocycles. The van der Waals surface area contributed by atoms with Gasteiger partial charge in [0.2, 0.25) is 5.91 Å². The molecule has 1 rings (SSSR count). The highest BCUT2D eigenvalue weighted by atomic mass is 32.2. The molecule has 1 aromatic rings. The van der Waals surface area contributed by atoms with E-state index < -0.39 is 0 Å². The van der Waals surface area contributed by atoms with E-state index in [4.69, 9.17) is 5.73 Å². The molecule has 0 aliphatic rings. The third-order valence-corrected chi connectivity index (χ3v) is 4.16. The molecule has 0 atom stereocenters. The van der Waals surface area contributed by atoms with Gasteiger partial charge in [-0.2, -0.15) is 0 Å². The van der Waals surface area contributed by atoms with Crippen molar-refractivity contribution < 1.29 is 4.79 Å². The van der Waals surface area contributed by atoms with E-state index in [9.17, 15) is 4.79 Å². The quantitative estimate of drug-likeness (QED) is 0.808. The molecule has 3 nitrogen and oxygen atoms in total. The standard InChI is InChI=1S/C9H14N2OS2/c1-9(2,3)6-4-11-8(14-6)13-5-7(10)12/h4H,5H2,1-3H3,(H2,10,12). The van der Waals surface area contributed by atoms with Crippen LogP contribution in [0.2, 0.25) is 0 Å². The molecule has 0 unspecified atom stereocenters. The highest BCUT2D eigenvalue weighted by molar-refractivity contribution is 8.01. The van der Waals surface area contributed by atoms with Gasteiger partial charge in [0.05, 0.1) is 5.75 Å². The maximum atomic E-state index is 10.6. The van der Waals surface area contributed by atoms with E-state index in [0.717, 1.165) is 4.34 Å². The Bertz CT molecular complexity index is 328. The van der Waals surface area contributed by atoms with E-state index in [1.807, 2.05) is 6.20 Å². The first-order valence-electron chi connectivity index (χ1n) is 4.27. The van der Waals surface area contributed by atoms with Crippen molar-refractivity contribution in [1.29, 1.82) is 0 Å². The minimum Gasteiger partial charge on any atom is -0.369 e. The van der Waals surface area contributed by atoms with Crippen LogP contribution >= 0.6 is 23.1 Å². The van der Waals surface area contributed by atoms with Gasteiger partial charge >= 0.3 is 0 Å². The Kier molecular flexibility index (Phi) is 3.55. The lowest BCUT2D eigenvalue weighted by atomic mass is 9.96. The van der Waals surface area contributed by atoms with Crippen molar-refractivity contribution in [1.82, 2.24) is 4.98 Å². The van der Waals surface area contributed by atoms with Crippen LogP contribution in [-0.2, 0) is 10.2 Å². The first-order valence-corrected chi connectivity index (χ1v) is 6.07. The Balaban J connectivity index is 2.64. The highest BCUT2D eigenvalue weighted by Gasteiger charge is 2.17. The largest absolute Gasteiger partial charge is 0.369 e. The molecule has 2 N–H and O–H groups in total. The Morgan fingerprint density at radius 1 is 1.64 bits per heavy atom. The van der Waals surface area contributed by atoms with Crippen LogP contribution < -0.4 is 5.73 Å². The van der Waals surface area contributed by atoms with Crippen molar-refractivity contribution in [2.75, 3.05) is 5.75 Å². The van der Waals surface area contributed by atoms with E-state index in [-0.39, 0.29) is 11.3 Å². The SMILES string of the molecule is CC(C)(C)c1cnc(SCC(N)=O)s1. The van der Waals surface area contributed by atoms with Crippen LogP contribution in [0.5, 0.6) is 0 Å². The topological polar surface area (TPSA) is 56.0 Å². The first kappa shape index (κ1) is 11.5. The Labute approximate surface area is 92.1 Å². The van der Waals surface area contributed by atoms with Crippen LogP contribution in [0.15, 0.2) is 10.5 Å². The number of rotatable bonds is 3. The maximum absolute atomic E-state index is 10.6. The summed E-state index contributed by atoms with van der Waals surface area (Å²) in [6, 6.07) is 0. The number of thiazole rings is 1. The average molecular weight is 230 g/mol. The van der Waals surface area contributed by atoms with E-state index in [0.29, 0.717) is 5.75 Å². The van der Waals surface area contributed by atoms with E-state index in [2.05, 4.69) is 25.8 Å². The van der Waals surface area contributed by atoms with Crippen molar-refractivity contribution in [3.05, 3.63) is 11.1 Å². The molecule has 0 spiro atoms. The molecular weight excluding hydrogens is 216 g/mol. The van der Waals surface area contributed by atoms with Crippen LogP contribution in [-0.4, -0.2) is 16.6 Å². The fourth-order valence-electron chi connectivity index (χ4n) is 0.804. The number of amides is 1. The number of hydrogen-bond acceptors (Lipinski definition) is 4. The Morgan fingerprint density at radius 3 is 2.71 bits per heavy atom. The molecule has 0 saturated carbocycles. The van der Waals surface area contributed by atoms with Crippen molar-refractivity contribution in [3.63, 3.8) is 0 Å². The summed E-state index contributed by atoms with van der Waals surface area (Å²) in [5.74, 6) is -0.000558.